The van der Waals surface area contributed by atoms with Crippen molar-refractivity contribution in [2.75, 3.05) is 6.54 Å². The molecular formula is C16H18FNO. The molecule has 2 unspecified atom stereocenters. The van der Waals surface area contributed by atoms with Crippen LogP contribution >= 0.6 is 0 Å². The number of aryl methyl sites for hydroxylation is 1. The molecular weight excluding hydrogens is 241 g/mol. The quantitative estimate of drug-likeness (QED) is 0.886. The summed E-state index contributed by atoms with van der Waals surface area (Å²) in [4.78, 5) is 0. The number of halogens is 1. The Balaban J connectivity index is 2.32. The van der Waals surface area contributed by atoms with Gasteiger partial charge in [-0.15, -0.1) is 0 Å². The molecule has 2 nitrogen and oxygen atoms in total. The minimum Gasteiger partial charge on any atom is -0.388 e. The lowest BCUT2D eigenvalue weighted by Crippen LogP contribution is -2.21. The first-order valence-electron chi connectivity index (χ1n) is 6.32. The van der Waals surface area contributed by atoms with E-state index in [1.54, 1.807) is 18.2 Å². The molecule has 100 valence electrons. The second kappa shape index (κ2) is 5.95. The third kappa shape index (κ3) is 3.00. The highest BCUT2D eigenvalue weighted by Gasteiger charge is 2.23. The summed E-state index contributed by atoms with van der Waals surface area (Å²) in [6.07, 6.45) is -0.936. The van der Waals surface area contributed by atoms with Crippen molar-refractivity contribution < 1.29 is 9.50 Å². The number of hydrogen-bond donors (Lipinski definition) is 2. The molecule has 2 aromatic carbocycles. The second-order valence-corrected chi connectivity index (χ2v) is 4.72. The predicted molar refractivity (Wildman–Crippen MR) is 74.3 cm³/mol. The lowest BCUT2D eigenvalue weighted by molar-refractivity contribution is 0.143. The first-order valence-corrected chi connectivity index (χ1v) is 6.32. The number of nitrogens with two attached hydrogens (primary N) is 1. The van der Waals surface area contributed by atoms with Crippen LogP contribution in [0.15, 0.2) is 48.5 Å². The average Bonchev–Trinajstić information content (AvgIpc) is 2.42. The maximum absolute atomic E-state index is 13.7. The number of aliphatic hydroxyl groups excluding tert-OH is 1. The minimum absolute atomic E-state index is 0.262. The molecule has 0 saturated carbocycles. The van der Waals surface area contributed by atoms with Crippen LogP contribution in [0.2, 0.25) is 0 Å². The van der Waals surface area contributed by atoms with Crippen LogP contribution in [0.5, 0.6) is 0 Å². The topological polar surface area (TPSA) is 46.2 Å². The van der Waals surface area contributed by atoms with E-state index in [1.165, 1.54) is 6.07 Å². The van der Waals surface area contributed by atoms with Gasteiger partial charge in [0.15, 0.2) is 0 Å². The van der Waals surface area contributed by atoms with E-state index >= 15 is 0 Å². The van der Waals surface area contributed by atoms with Gasteiger partial charge in [0.1, 0.15) is 5.82 Å². The molecule has 0 spiro atoms. The fraction of sp³-hybridized carbons (Fsp3) is 0.250. The number of hydrogen-bond acceptors (Lipinski definition) is 2. The summed E-state index contributed by atoms with van der Waals surface area (Å²) in [5, 5.41) is 10.4. The maximum Gasteiger partial charge on any atom is 0.129 e. The zero-order valence-corrected chi connectivity index (χ0v) is 10.9. The molecule has 0 aliphatic carbocycles. The Bertz CT molecular complexity index is 539. The van der Waals surface area contributed by atoms with E-state index in [4.69, 9.17) is 5.73 Å². The van der Waals surface area contributed by atoms with E-state index in [0.29, 0.717) is 5.56 Å². The molecule has 3 heteroatoms. The SMILES string of the molecule is Cc1ccc(C(CN)C(O)c2ccccc2F)cc1. The van der Waals surface area contributed by atoms with E-state index in [2.05, 4.69) is 0 Å². The van der Waals surface area contributed by atoms with Crippen molar-refractivity contribution in [1.82, 2.24) is 0 Å². The molecule has 0 aliphatic heterocycles. The van der Waals surface area contributed by atoms with E-state index in [0.717, 1.165) is 11.1 Å². The molecule has 0 aromatic heterocycles. The molecule has 2 rings (SSSR count). The molecule has 0 amide bonds. The molecule has 0 fully saturated rings. The largest absolute Gasteiger partial charge is 0.388 e. The summed E-state index contributed by atoms with van der Waals surface area (Å²) in [5.74, 6) is -0.710. The molecule has 0 bridgehead atoms. The third-order valence-corrected chi connectivity index (χ3v) is 3.36. The number of benzene rings is 2. The highest BCUT2D eigenvalue weighted by Crippen LogP contribution is 2.31. The van der Waals surface area contributed by atoms with Crippen LogP contribution in [-0.2, 0) is 0 Å². The van der Waals surface area contributed by atoms with Gasteiger partial charge in [0, 0.05) is 18.0 Å². The molecule has 3 N–H and O–H groups in total. The first kappa shape index (κ1) is 13.7. The van der Waals surface area contributed by atoms with Gasteiger partial charge in [0.2, 0.25) is 0 Å². The van der Waals surface area contributed by atoms with Crippen molar-refractivity contribution >= 4 is 0 Å². The minimum atomic E-state index is -0.936. The number of rotatable bonds is 4. The highest BCUT2D eigenvalue weighted by atomic mass is 19.1. The van der Waals surface area contributed by atoms with Crippen LogP contribution in [0.3, 0.4) is 0 Å². The summed E-state index contributed by atoms with van der Waals surface area (Å²) < 4.78 is 13.7. The van der Waals surface area contributed by atoms with E-state index < -0.39 is 11.9 Å². The Morgan fingerprint density at radius 2 is 1.74 bits per heavy atom. The molecule has 19 heavy (non-hydrogen) atoms. The fourth-order valence-corrected chi connectivity index (χ4v) is 2.19. The van der Waals surface area contributed by atoms with Crippen molar-refractivity contribution in [1.29, 1.82) is 0 Å². The monoisotopic (exact) mass is 259 g/mol. The van der Waals surface area contributed by atoms with Crippen molar-refractivity contribution in [3.63, 3.8) is 0 Å². The van der Waals surface area contributed by atoms with Crippen molar-refractivity contribution in [2.45, 2.75) is 18.9 Å². The Morgan fingerprint density at radius 3 is 2.32 bits per heavy atom. The third-order valence-electron chi connectivity index (χ3n) is 3.36. The van der Waals surface area contributed by atoms with Crippen molar-refractivity contribution in [3.05, 3.63) is 71.0 Å². The smallest absolute Gasteiger partial charge is 0.129 e. The Morgan fingerprint density at radius 1 is 1.11 bits per heavy atom. The van der Waals surface area contributed by atoms with Gasteiger partial charge >= 0.3 is 0 Å². The summed E-state index contributed by atoms with van der Waals surface area (Å²) in [7, 11) is 0. The van der Waals surface area contributed by atoms with Gasteiger partial charge in [-0.1, -0.05) is 48.0 Å². The number of aliphatic hydroxyl groups is 1. The lowest BCUT2D eigenvalue weighted by Gasteiger charge is -2.22. The standard InChI is InChI=1S/C16H18FNO/c1-11-6-8-12(9-7-11)14(10-18)16(19)13-4-2-3-5-15(13)17/h2-9,14,16,19H,10,18H2,1H3. The van der Waals surface area contributed by atoms with Crippen LogP contribution in [0.1, 0.15) is 28.7 Å². The summed E-state index contributed by atoms with van der Waals surface area (Å²) >= 11 is 0. The van der Waals surface area contributed by atoms with Crippen LogP contribution in [-0.4, -0.2) is 11.7 Å². The molecule has 0 heterocycles. The zero-order chi connectivity index (χ0) is 13.8. The average molecular weight is 259 g/mol. The fourth-order valence-electron chi connectivity index (χ4n) is 2.19. The highest BCUT2D eigenvalue weighted by molar-refractivity contribution is 5.30. The van der Waals surface area contributed by atoms with Crippen molar-refractivity contribution in [2.24, 2.45) is 5.73 Å². The van der Waals surface area contributed by atoms with Gasteiger partial charge in [-0.2, -0.15) is 0 Å². The normalized spacial score (nSPS) is 14.1. The lowest BCUT2D eigenvalue weighted by atomic mass is 9.88. The Kier molecular flexibility index (Phi) is 4.30. The van der Waals surface area contributed by atoms with Gasteiger partial charge in [-0.05, 0) is 18.6 Å². The molecule has 0 radical (unpaired) electrons. The van der Waals surface area contributed by atoms with Crippen LogP contribution < -0.4 is 5.73 Å². The predicted octanol–water partition coefficient (Wildman–Crippen LogP) is 2.91. The van der Waals surface area contributed by atoms with Gasteiger partial charge in [-0.25, -0.2) is 4.39 Å². The molecule has 2 aromatic rings. The van der Waals surface area contributed by atoms with E-state index in [-0.39, 0.29) is 12.5 Å². The summed E-state index contributed by atoms with van der Waals surface area (Å²) in [5.41, 5.74) is 8.10. The molecule has 0 saturated heterocycles. The summed E-state index contributed by atoms with van der Waals surface area (Å²) in [6, 6.07) is 14.0. The van der Waals surface area contributed by atoms with Crippen molar-refractivity contribution in [3.8, 4) is 0 Å². The van der Waals surface area contributed by atoms with Gasteiger partial charge < -0.3 is 10.8 Å². The van der Waals surface area contributed by atoms with Gasteiger partial charge in [0.05, 0.1) is 6.10 Å². The van der Waals surface area contributed by atoms with Gasteiger partial charge in [-0.3, -0.25) is 0 Å². The Hall–Kier alpha value is -1.71. The maximum atomic E-state index is 13.7. The van der Waals surface area contributed by atoms with Crippen LogP contribution in [0.4, 0.5) is 4.39 Å². The van der Waals surface area contributed by atoms with E-state index in [1.807, 2.05) is 31.2 Å². The van der Waals surface area contributed by atoms with Crippen LogP contribution in [0.25, 0.3) is 0 Å². The zero-order valence-electron chi connectivity index (χ0n) is 10.9. The van der Waals surface area contributed by atoms with Crippen LogP contribution in [0, 0.1) is 12.7 Å². The Labute approximate surface area is 112 Å². The molecule has 2 atom stereocenters. The first-order chi connectivity index (χ1) is 9.13. The summed E-state index contributed by atoms with van der Waals surface area (Å²) in [6.45, 7) is 2.26. The van der Waals surface area contributed by atoms with E-state index in [9.17, 15) is 9.50 Å². The molecule has 0 aliphatic rings. The second-order valence-electron chi connectivity index (χ2n) is 4.72. The van der Waals surface area contributed by atoms with Gasteiger partial charge in [0.25, 0.3) is 0 Å².